The number of aryl methyl sites for hydroxylation is 1. The molecule has 34 heavy (non-hydrogen) atoms. The van der Waals surface area contributed by atoms with Crippen LogP contribution in [0, 0.1) is 0 Å². The minimum absolute atomic E-state index is 0.0399. The van der Waals surface area contributed by atoms with Gasteiger partial charge in [0.05, 0.1) is 27.0 Å². The van der Waals surface area contributed by atoms with Crippen molar-refractivity contribution in [3.63, 3.8) is 0 Å². The molecule has 1 amide bonds. The van der Waals surface area contributed by atoms with Crippen LogP contribution >= 0.6 is 23.2 Å². The summed E-state index contributed by atoms with van der Waals surface area (Å²) in [7, 11) is -2.86. The van der Waals surface area contributed by atoms with E-state index in [2.05, 4.69) is 15.3 Å². The van der Waals surface area contributed by atoms with Crippen LogP contribution in [0.25, 0.3) is 5.65 Å². The van der Waals surface area contributed by atoms with Crippen LogP contribution in [0.4, 0.5) is 18.9 Å². The van der Waals surface area contributed by atoms with E-state index in [0.717, 1.165) is 4.40 Å². The molecule has 8 nitrogen and oxygen atoms in total. The van der Waals surface area contributed by atoms with Crippen LogP contribution in [0.15, 0.2) is 54.1 Å². The molecule has 0 saturated carbocycles. The van der Waals surface area contributed by atoms with Crippen molar-refractivity contribution >= 4 is 50.3 Å². The topological polar surface area (TPSA) is 98.4 Å². The van der Waals surface area contributed by atoms with Crippen molar-refractivity contribution in [1.29, 1.82) is 0 Å². The number of hydrogen-bond acceptors (Lipinski definition) is 5. The first kappa shape index (κ1) is 24.0. The van der Waals surface area contributed by atoms with Crippen LogP contribution in [0.3, 0.4) is 0 Å². The monoisotopic (exact) mass is 531 g/mol. The van der Waals surface area contributed by atoms with Gasteiger partial charge in [-0.2, -0.15) is 13.2 Å². The van der Waals surface area contributed by atoms with Gasteiger partial charge in [-0.15, -0.1) is 0 Å². The van der Waals surface area contributed by atoms with Crippen molar-refractivity contribution in [2.45, 2.75) is 17.1 Å². The number of anilines is 1. The maximum atomic E-state index is 13.8. The van der Waals surface area contributed by atoms with Gasteiger partial charge >= 0.3 is 6.18 Å². The summed E-state index contributed by atoms with van der Waals surface area (Å²) in [4.78, 5) is 20.1. The maximum Gasteiger partial charge on any atom is 0.435 e. The number of carbonyl (C=O) groups is 1. The van der Waals surface area contributed by atoms with Crippen LogP contribution in [0.5, 0.6) is 0 Å². The van der Waals surface area contributed by atoms with Crippen molar-refractivity contribution < 1.29 is 26.4 Å². The van der Waals surface area contributed by atoms with Crippen LogP contribution in [-0.2, 0) is 28.8 Å². The Hall–Kier alpha value is -3.09. The Morgan fingerprint density at radius 1 is 1.12 bits per heavy atom. The molecule has 4 rings (SSSR count). The first-order valence-corrected chi connectivity index (χ1v) is 11.8. The molecule has 0 bridgehead atoms. The molecule has 0 atom stereocenters. The first-order valence-electron chi connectivity index (χ1n) is 9.42. The lowest BCUT2D eigenvalue weighted by molar-refractivity contribution is -0.141. The van der Waals surface area contributed by atoms with Gasteiger partial charge in [-0.05, 0) is 24.3 Å². The van der Waals surface area contributed by atoms with Gasteiger partial charge in [0.25, 0.3) is 5.91 Å². The molecular formula is C20H14Cl2F3N5O3S. The molecule has 3 heterocycles. The Kier molecular flexibility index (Phi) is 6.08. The molecular weight excluding hydrogens is 518 g/mol. The predicted octanol–water partition coefficient (Wildman–Crippen LogP) is 4.62. The zero-order chi connectivity index (χ0) is 24.8. The largest absolute Gasteiger partial charge is 0.435 e. The Morgan fingerprint density at radius 3 is 2.38 bits per heavy atom. The summed E-state index contributed by atoms with van der Waals surface area (Å²) in [6, 6.07) is 7.06. The number of alkyl halides is 3. The third-order valence-corrected chi connectivity index (χ3v) is 7.07. The number of nitrogens with zero attached hydrogens (tertiary/aromatic N) is 4. The molecule has 0 radical (unpaired) electrons. The number of imidazole rings is 2. The molecule has 14 heteroatoms. The zero-order valence-electron chi connectivity index (χ0n) is 17.1. The Morgan fingerprint density at radius 2 is 1.79 bits per heavy atom. The fraction of sp³-hybridized carbons (Fsp3) is 0.150. The molecule has 0 fully saturated rings. The van der Waals surface area contributed by atoms with Crippen molar-refractivity contribution in [1.82, 2.24) is 18.9 Å². The Bertz CT molecular complexity index is 1510. The second-order valence-corrected chi connectivity index (χ2v) is 9.85. The molecule has 0 aliphatic carbocycles. The number of fused-ring (bicyclic) bond motifs is 1. The fourth-order valence-electron chi connectivity index (χ4n) is 3.37. The van der Waals surface area contributed by atoms with Gasteiger partial charge in [0.1, 0.15) is 5.75 Å². The predicted molar refractivity (Wildman–Crippen MR) is 119 cm³/mol. The highest BCUT2D eigenvalue weighted by atomic mass is 35.5. The summed E-state index contributed by atoms with van der Waals surface area (Å²) < 4.78 is 69.3. The fourth-order valence-corrected chi connectivity index (χ4v) is 5.43. The van der Waals surface area contributed by atoms with E-state index in [1.54, 1.807) is 0 Å². The van der Waals surface area contributed by atoms with Gasteiger partial charge in [0.15, 0.2) is 11.3 Å². The summed E-state index contributed by atoms with van der Waals surface area (Å²) in [5, 5.41) is 2.13. The first-order chi connectivity index (χ1) is 15.9. The van der Waals surface area contributed by atoms with Gasteiger partial charge in [-0.1, -0.05) is 29.3 Å². The van der Waals surface area contributed by atoms with Gasteiger partial charge < -0.3 is 14.3 Å². The van der Waals surface area contributed by atoms with Crippen molar-refractivity contribution in [2.24, 2.45) is 7.05 Å². The molecule has 4 aromatic rings. The van der Waals surface area contributed by atoms with E-state index in [1.807, 2.05) is 0 Å². The number of sulfone groups is 1. The number of aromatic nitrogens is 4. The summed E-state index contributed by atoms with van der Waals surface area (Å²) >= 11 is 12.1. The number of carbonyl (C=O) groups excluding carboxylic acids is 1. The molecule has 1 N–H and O–H groups in total. The average molecular weight is 532 g/mol. The summed E-state index contributed by atoms with van der Waals surface area (Å²) in [6.07, 6.45) is -1.16. The van der Waals surface area contributed by atoms with Gasteiger partial charge in [-0.25, -0.2) is 18.4 Å². The number of amides is 1. The van der Waals surface area contributed by atoms with Crippen LogP contribution in [0.1, 0.15) is 21.7 Å². The molecule has 0 aliphatic heterocycles. The maximum absolute atomic E-state index is 13.8. The smallest absolute Gasteiger partial charge is 0.325 e. The highest BCUT2D eigenvalue weighted by Crippen LogP contribution is 2.35. The third-order valence-electron chi connectivity index (χ3n) is 4.84. The number of pyridine rings is 1. The van der Waals surface area contributed by atoms with Crippen LogP contribution in [0.2, 0.25) is 10.0 Å². The van der Waals surface area contributed by atoms with Crippen molar-refractivity contribution in [3.8, 4) is 0 Å². The minimum Gasteiger partial charge on any atom is -0.325 e. The van der Waals surface area contributed by atoms with Crippen LogP contribution < -0.4 is 5.32 Å². The Balaban J connectivity index is 1.83. The lowest BCUT2D eigenvalue weighted by Crippen LogP contribution is -2.16. The van der Waals surface area contributed by atoms with Gasteiger partial charge in [-0.3, -0.25) is 4.79 Å². The molecule has 0 spiro atoms. The molecule has 3 aromatic heterocycles. The third kappa shape index (κ3) is 4.36. The summed E-state index contributed by atoms with van der Waals surface area (Å²) in [5.74, 6) is -1.80. The molecule has 0 unspecified atom stereocenters. The number of rotatable bonds is 5. The quantitative estimate of drug-likeness (QED) is 0.405. The minimum atomic E-state index is -4.97. The lowest BCUT2D eigenvalue weighted by Gasteiger charge is -2.10. The number of benzene rings is 1. The molecule has 178 valence electrons. The number of nitrogens with one attached hydrogen (secondary N) is 1. The van der Waals surface area contributed by atoms with Gasteiger partial charge in [0, 0.05) is 25.6 Å². The van der Waals surface area contributed by atoms with Crippen molar-refractivity contribution in [2.75, 3.05) is 5.32 Å². The van der Waals surface area contributed by atoms with Crippen molar-refractivity contribution in [3.05, 3.63) is 75.9 Å². The highest BCUT2D eigenvalue weighted by Gasteiger charge is 2.40. The standard InChI is InChI=1S/C20H14Cl2F3N5O3S/c1-29-9-7-26-19(29)34(32,33)10-14-16(20(23,24)25)28-17-13(6-3-8-30(14)17)27-18(31)15-11(21)4-2-5-12(15)22/h2-9H,10H2,1H3,(H,27,31). The summed E-state index contributed by atoms with van der Waals surface area (Å²) in [6.45, 7) is 0. The normalized spacial score (nSPS) is 12.3. The van der Waals surface area contributed by atoms with E-state index in [9.17, 15) is 26.4 Å². The Labute approximate surface area is 200 Å². The van der Waals surface area contributed by atoms with E-state index < -0.39 is 44.2 Å². The van der Waals surface area contributed by atoms with Gasteiger partial charge in [0.2, 0.25) is 15.0 Å². The molecule has 0 aliphatic rings. The number of hydrogen-bond donors (Lipinski definition) is 1. The average Bonchev–Trinajstić information content (AvgIpc) is 3.32. The molecule has 0 saturated heterocycles. The second kappa shape index (κ2) is 8.60. The number of halogens is 5. The molecule has 1 aromatic carbocycles. The van der Waals surface area contributed by atoms with E-state index >= 15 is 0 Å². The summed E-state index contributed by atoms with van der Waals surface area (Å²) in [5.41, 5.74) is -2.51. The van der Waals surface area contributed by atoms with E-state index in [1.165, 1.54) is 60.5 Å². The second-order valence-electron chi connectivity index (χ2n) is 7.15. The zero-order valence-corrected chi connectivity index (χ0v) is 19.5. The van der Waals surface area contributed by atoms with E-state index in [4.69, 9.17) is 23.2 Å². The lowest BCUT2D eigenvalue weighted by atomic mass is 10.2. The SMILES string of the molecule is Cn1ccnc1S(=O)(=O)Cc1c(C(F)(F)F)nc2c(NC(=O)c3c(Cl)cccc3Cl)cccn12. The van der Waals surface area contributed by atoms with E-state index in [-0.39, 0.29) is 26.9 Å². The van der Waals surface area contributed by atoms with E-state index in [0.29, 0.717) is 0 Å². The highest BCUT2D eigenvalue weighted by molar-refractivity contribution is 7.90. The van der Waals surface area contributed by atoms with Crippen LogP contribution in [-0.4, -0.2) is 33.3 Å².